The first-order valence-corrected chi connectivity index (χ1v) is 6.98. The molecule has 0 fully saturated rings. The van der Waals surface area contributed by atoms with E-state index in [9.17, 15) is 0 Å². The summed E-state index contributed by atoms with van der Waals surface area (Å²) in [7, 11) is 1.84. The van der Waals surface area contributed by atoms with Gasteiger partial charge in [0.1, 0.15) is 5.82 Å². The van der Waals surface area contributed by atoms with Crippen molar-refractivity contribution in [1.29, 1.82) is 0 Å². The fraction of sp³-hybridized carbons (Fsp3) is 0.385. The molecule has 100 valence electrons. The van der Waals surface area contributed by atoms with Gasteiger partial charge in [-0.05, 0) is 34.8 Å². The molecule has 6 heteroatoms. The molecule has 0 aromatic carbocycles. The summed E-state index contributed by atoms with van der Waals surface area (Å²) in [5.74, 6) is 1.86. The molecule has 0 amide bonds. The number of hydrogen-bond acceptors (Lipinski definition) is 5. The lowest BCUT2D eigenvalue weighted by molar-refractivity contribution is 0.865. The molecule has 2 aromatic rings. The van der Waals surface area contributed by atoms with Gasteiger partial charge in [0.15, 0.2) is 11.6 Å². The van der Waals surface area contributed by atoms with Gasteiger partial charge < -0.3 is 5.32 Å². The second kappa shape index (κ2) is 6.06. The van der Waals surface area contributed by atoms with E-state index >= 15 is 0 Å². The largest absolute Gasteiger partial charge is 0.372 e. The number of nitrogens with one attached hydrogen (secondary N) is 1. The van der Waals surface area contributed by atoms with Gasteiger partial charge in [-0.2, -0.15) is 0 Å². The summed E-state index contributed by atoms with van der Waals surface area (Å²) < 4.78 is 0.910. The zero-order chi connectivity index (χ0) is 13.8. The predicted octanol–water partition coefficient (Wildman–Crippen LogP) is 3.00. The van der Waals surface area contributed by atoms with Crippen molar-refractivity contribution < 1.29 is 0 Å². The van der Waals surface area contributed by atoms with Gasteiger partial charge in [-0.25, -0.2) is 19.9 Å². The Bertz CT molecular complexity index is 568. The van der Waals surface area contributed by atoms with Gasteiger partial charge in [-0.15, -0.1) is 0 Å². The lowest BCUT2D eigenvalue weighted by Gasteiger charge is -2.09. The second-order valence-electron chi connectivity index (χ2n) is 4.24. The minimum absolute atomic E-state index is 0.548. The standard InChI is InChI=1S/C13H16BrN5/c1-4-5-9-10(14)11(15-3)19-13(18-9)12-16-6-8(2)7-17-12/h6-7H,4-5H2,1-3H3,(H,15,18,19). The second-order valence-corrected chi connectivity index (χ2v) is 5.03. The highest BCUT2D eigenvalue weighted by Crippen LogP contribution is 2.26. The predicted molar refractivity (Wildman–Crippen MR) is 79.0 cm³/mol. The van der Waals surface area contributed by atoms with Crippen molar-refractivity contribution >= 4 is 21.7 Å². The highest BCUT2D eigenvalue weighted by Gasteiger charge is 2.13. The maximum Gasteiger partial charge on any atom is 0.200 e. The Morgan fingerprint density at radius 1 is 1.16 bits per heavy atom. The first-order valence-electron chi connectivity index (χ1n) is 6.19. The first-order chi connectivity index (χ1) is 9.15. The van der Waals surface area contributed by atoms with Crippen LogP contribution in [-0.2, 0) is 6.42 Å². The molecule has 0 spiro atoms. The van der Waals surface area contributed by atoms with Crippen molar-refractivity contribution in [1.82, 2.24) is 19.9 Å². The molecule has 0 aliphatic heterocycles. The van der Waals surface area contributed by atoms with Crippen LogP contribution in [-0.4, -0.2) is 27.0 Å². The Morgan fingerprint density at radius 3 is 2.42 bits per heavy atom. The Balaban J connectivity index is 2.51. The van der Waals surface area contributed by atoms with E-state index in [1.54, 1.807) is 12.4 Å². The molecule has 2 aromatic heterocycles. The number of rotatable bonds is 4. The third kappa shape index (κ3) is 3.07. The Labute approximate surface area is 121 Å². The van der Waals surface area contributed by atoms with Gasteiger partial charge in [0, 0.05) is 19.4 Å². The molecular formula is C13H16BrN5. The maximum atomic E-state index is 4.55. The van der Waals surface area contributed by atoms with E-state index in [1.165, 1.54) is 0 Å². The smallest absolute Gasteiger partial charge is 0.200 e. The van der Waals surface area contributed by atoms with Crippen LogP contribution in [0.3, 0.4) is 0 Å². The molecule has 19 heavy (non-hydrogen) atoms. The van der Waals surface area contributed by atoms with Crippen molar-refractivity contribution in [2.24, 2.45) is 0 Å². The Morgan fingerprint density at radius 2 is 1.84 bits per heavy atom. The van der Waals surface area contributed by atoms with Crippen LogP contribution < -0.4 is 5.32 Å². The van der Waals surface area contributed by atoms with E-state index in [0.29, 0.717) is 11.6 Å². The third-order valence-electron chi connectivity index (χ3n) is 2.62. The topological polar surface area (TPSA) is 63.6 Å². The Kier molecular flexibility index (Phi) is 4.42. The normalized spacial score (nSPS) is 10.5. The zero-order valence-corrected chi connectivity index (χ0v) is 12.8. The highest BCUT2D eigenvalue weighted by atomic mass is 79.9. The third-order valence-corrected chi connectivity index (χ3v) is 3.46. The summed E-state index contributed by atoms with van der Waals surface area (Å²) in [5, 5.41) is 3.06. The lowest BCUT2D eigenvalue weighted by atomic mass is 10.2. The number of aromatic nitrogens is 4. The van der Waals surface area contributed by atoms with Gasteiger partial charge >= 0.3 is 0 Å². The average Bonchev–Trinajstić information content (AvgIpc) is 2.42. The SMILES string of the molecule is CCCc1nc(-c2ncc(C)cn2)nc(NC)c1Br. The minimum Gasteiger partial charge on any atom is -0.372 e. The van der Waals surface area contributed by atoms with Gasteiger partial charge in [0.05, 0.1) is 10.2 Å². The molecule has 0 unspecified atom stereocenters. The van der Waals surface area contributed by atoms with Crippen LogP contribution in [0.2, 0.25) is 0 Å². The summed E-state index contributed by atoms with van der Waals surface area (Å²) in [6, 6.07) is 0. The van der Waals surface area contributed by atoms with Crippen LogP contribution >= 0.6 is 15.9 Å². The van der Waals surface area contributed by atoms with E-state index in [1.807, 2.05) is 14.0 Å². The van der Waals surface area contributed by atoms with Gasteiger partial charge in [0.2, 0.25) is 0 Å². The fourth-order valence-corrected chi connectivity index (χ4v) is 2.24. The summed E-state index contributed by atoms with van der Waals surface area (Å²) in [6.07, 6.45) is 5.45. The molecular weight excluding hydrogens is 306 g/mol. The van der Waals surface area contributed by atoms with E-state index < -0.39 is 0 Å². The van der Waals surface area contributed by atoms with Gasteiger partial charge in [-0.1, -0.05) is 13.3 Å². The lowest BCUT2D eigenvalue weighted by Crippen LogP contribution is -2.05. The van der Waals surface area contributed by atoms with Crippen molar-refractivity contribution in [2.75, 3.05) is 12.4 Å². The van der Waals surface area contributed by atoms with Crippen LogP contribution in [0.25, 0.3) is 11.6 Å². The summed E-state index contributed by atoms with van der Waals surface area (Å²) in [6.45, 7) is 4.07. The molecule has 0 radical (unpaired) electrons. The van der Waals surface area contributed by atoms with E-state index in [4.69, 9.17) is 0 Å². The number of halogens is 1. The minimum atomic E-state index is 0.548. The van der Waals surface area contributed by atoms with Crippen molar-refractivity contribution in [3.05, 3.63) is 28.1 Å². The van der Waals surface area contributed by atoms with Crippen molar-refractivity contribution in [3.63, 3.8) is 0 Å². The summed E-state index contributed by atoms with van der Waals surface area (Å²) in [4.78, 5) is 17.5. The van der Waals surface area contributed by atoms with Gasteiger partial charge in [0.25, 0.3) is 0 Å². The molecule has 5 nitrogen and oxygen atoms in total. The molecule has 0 saturated carbocycles. The monoisotopic (exact) mass is 321 g/mol. The van der Waals surface area contributed by atoms with Crippen LogP contribution in [0, 0.1) is 6.92 Å². The molecule has 0 bridgehead atoms. The maximum absolute atomic E-state index is 4.55. The van der Waals surface area contributed by atoms with E-state index in [0.717, 1.165) is 34.4 Å². The van der Waals surface area contributed by atoms with Gasteiger partial charge in [-0.3, -0.25) is 0 Å². The highest BCUT2D eigenvalue weighted by molar-refractivity contribution is 9.10. The van der Waals surface area contributed by atoms with Crippen LogP contribution in [0.4, 0.5) is 5.82 Å². The molecule has 2 heterocycles. The molecule has 0 saturated heterocycles. The number of hydrogen-bond donors (Lipinski definition) is 1. The van der Waals surface area contributed by atoms with Crippen molar-refractivity contribution in [2.45, 2.75) is 26.7 Å². The number of nitrogens with zero attached hydrogens (tertiary/aromatic N) is 4. The molecule has 2 rings (SSSR count). The molecule has 1 N–H and O–H groups in total. The Hall–Kier alpha value is -1.56. The van der Waals surface area contributed by atoms with Crippen LogP contribution in [0.5, 0.6) is 0 Å². The van der Waals surface area contributed by atoms with Crippen LogP contribution in [0.15, 0.2) is 16.9 Å². The fourth-order valence-electron chi connectivity index (χ4n) is 1.67. The van der Waals surface area contributed by atoms with Crippen LogP contribution in [0.1, 0.15) is 24.6 Å². The summed E-state index contributed by atoms with van der Waals surface area (Å²) in [5.41, 5.74) is 1.99. The quantitative estimate of drug-likeness (QED) is 0.937. The number of aryl methyl sites for hydroxylation is 2. The number of anilines is 1. The average molecular weight is 322 g/mol. The van der Waals surface area contributed by atoms with E-state index in [-0.39, 0.29) is 0 Å². The summed E-state index contributed by atoms with van der Waals surface area (Å²) >= 11 is 3.53. The molecule has 0 aliphatic carbocycles. The first kappa shape index (κ1) is 13.9. The zero-order valence-electron chi connectivity index (χ0n) is 11.2. The van der Waals surface area contributed by atoms with E-state index in [2.05, 4.69) is 48.1 Å². The van der Waals surface area contributed by atoms with Crippen molar-refractivity contribution in [3.8, 4) is 11.6 Å². The molecule has 0 aliphatic rings. The molecule has 0 atom stereocenters.